The summed E-state index contributed by atoms with van der Waals surface area (Å²) in [6, 6.07) is 2.75. The van der Waals surface area contributed by atoms with Crippen LogP contribution in [0.2, 0.25) is 10.2 Å². The third-order valence-electron chi connectivity index (χ3n) is 5.37. The lowest BCUT2D eigenvalue weighted by molar-refractivity contribution is -0.256. The van der Waals surface area contributed by atoms with Gasteiger partial charge >= 0.3 is 0 Å². The third kappa shape index (κ3) is 3.01. The Morgan fingerprint density at radius 2 is 1.93 bits per heavy atom. The molecule has 2 aromatic heterocycles. The van der Waals surface area contributed by atoms with Gasteiger partial charge in [0.15, 0.2) is 6.23 Å². The number of aliphatic hydroxyl groups is 3. The van der Waals surface area contributed by atoms with E-state index in [0.29, 0.717) is 5.56 Å². The fourth-order valence-corrected chi connectivity index (χ4v) is 4.41. The number of phenols is 1. The van der Waals surface area contributed by atoms with E-state index in [4.69, 9.17) is 37.1 Å². The lowest BCUT2D eigenvalue weighted by atomic mass is 9.98. The Hall–Kier alpha value is -1.85. The summed E-state index contributed by atoms with van der Waals surface area (Å²) in [5, 5.41) is 40.9. The van der Waals surface area contributed by atoms with Crippen LogP contribution in [-0.4, -0.2) is 63.1 Å². The van der Waals surface area contributed by atoms with Gasteiger partial charge in [-0.2, -0.15) is 0 Å². The molecule has 30 heavy (non-hydrogen) atoms. The third-order valence-corrected chi connectivity index (χ3v) is 5.95. The van der Waals surface area contributed by atoms with Crippen molar-refractivity contribution >= 4 is 45.3 Å². The molecule has 3 heterocycles. The molecule has 0 saturated carbocycles. The zero-order valence-electron chi connectivity index (χ0n) is 15.9. The maximum Gasteiger partial charge on any atom is 0.214 e. The lowest BCUT2D eigenvalue weighted by Crippen LogP contribution is -2.57. The Balaban J connectivity index is 1.98. The standard InChI is InChI=1S/C19H19Cl2NO8/c1-6-3-8(20)13(25)11-12(24)7-4-10(21)22(18(7)30-16(6)11)19-15(27)14(26)17(28-2)9(5-23)29-19/h3-4,9,14-15,17,19,23,25-27H,5H2,1-2H3. The minimum Gasteiger partial charge on any atom is -0.505 e. The number of hydrogen-bond donors (Lipinski definition) is 4. The van der Waals surface area contributed by atoms with Crippen LogP contribution >= 0.6 is 23.2 Å². The minimum atomic E-state index is -1.51. The molecule has 1 aliphatic rings. The molecule has 4 rings (SSSR count). The number of aliphatic hydroxyl groups excluding tert-OH is 3. The number of rotatable bonds is 3. The Kier molecular flexibility index (Phi) is 5.48. The van der Waals surface area contributed by atoms with E-state index in [2.05, 4.69) is 0 Å². The Morgan fingerprint density at radius 3 is 2.57 bits per heavy atom. The van der Waals surface area contributed by atoms with E-state index in [1.165, 1.54) is 23.8 Å². The molecule has 3 aromatic rings. The average molecular weight is 460 g/mol. The highest BCUT2D eigenvalue weighted by molar-refractivity contribution is 6.33. The van der Waals surface area contributed by atoms with Crippen LogP contribution < -0.4 is 5.43 Å². The quantitative estimate of drug-likeness (QED) is 0.464. The number of aromatic nitrogens is 1. The smallest absolute Gasteiger partial charge is 0.214 e. The second-order valence-corrected chi connectivity index (χ2v) is 7.94. The van der Waals surface area contributed by atoms with Gasteiger partial charge in [0, 0.05) is 7.11 Å². The van der Waals surface area contributed by atoms with E-state index in [-0.39, 0.29) is 32.2 Å². The fourth-order valence-electron chi connectivity index (χ4n) is 3.87. The normalized spacial score (nSPS) is 27.2. The van der Waals surface area contributed by atoms with Crippen molar-refractivity contribution < 1.29 is 34.3 Å². The summed E-state index contributed by atoms with van der Waals surface area (Å²) in [6.07, 6.45) is -6.14. The van der Waals surface area contributed by atoms with Gasteiger partial charge in [-0.1, -0.05) is 23.2 Å². The molecule has 9 nitrogen and oxygen atoms in total. The molecule has 11 heteroatoms. The first-order chi connectivity index (χ1) is 14.2. The Morgan fingerprint density at radius 1 is 1.23 bits per heavy atom. The molecule has 1 saturated heterocycles. The molecule has 0 bridgehead atoms. The Bertz CT molecular complexity index is 1190. The van der Waals surface area contributed by atoms with Crippen molar-refractivity contribution in [3.63, 3.8) is 0 Å². The summed E-state index contributed by atoms with van der Waals surface area (Å²) >= 11 is 12.3. The van der Waals surface area contributed by atoms with Crippen LogP contribution in [0.15, 0.2) is 21.3 Å². The molecule has 0 amide bonds. The summed E-state index contributed by atoms with van der Waals surface area (Å²) in [5.41, 5.74) is -0.0290. The SMILES string of the molecule is COC1C(CO)OC(n2c(Cl)cc3c(=O)c4c(O)c(Cl)cc(C)c4oc32)C(O)C1O. The number of benzene rings is 1. The van der Waals surface area contributed by atoms with E-state index in [0.717, 1.165) is 0 Å². The second-order valence-electron chi connectivity index (χ2n) is 7.14. The first-order valence-corrected chi connectivity index (χ1v) is 9.77. The lowest BCUT2D eigenvalue weighted by Gasteiger charge is -2.42. The van der Waals surface area contributed by atoms with E-state index in [9.17, 15) is 25.2 Å². The van der Waals surface area contributed by atoms with Crippen LogP contribution in [0.5, 0.6) is 5.75 Å². The van der Waals surface area contributed by atoms with Crippen molar-refractivity contribution in [2.45, 2.75) is 37.6 Å². The van der Waals surface area contributed by atoms with Gasteiger partial charge in [-0.05, 0) is 24.6 Å². The molecular formula is C19H19Cl2NO8. The summed E-state index contributed by atoms with van der Waals surface area (Å²) < 4.78 is 18.0. The van der Waals surface area contributed by atoms with Crippen molar-refractivity contribution in [3.05, 3.63) is 38.1 Å². The number of methoxy groups -OCH3 is 1. The first kappa shape index (κ1) is 21.4. The summed E-state index contributed by atoms with van der Waals surface area (Å²) in [4.78, 5) is 13.1. The van der Waals surface area contributed by atoms with Crippen LogP contribution in [0.4, 0.5) is 0 Å². The van der Waals surface area contributed by atoms with Crippen molar-refractivity contribution in [1.82, 2.24) is 4.57 Å². The van der Waals surface area contributed by atoms with Crippen molar-refractivity contribution in [3.8, 4) is 5.75 Å². The molecule has 4 N–H and O–H groups in total. The van der Waals surface area contributed by atoms with Crippen LogP contribution in [-0.2, 0) is 9.47 Å². The van der Waals surface area contributed by atoms with Gasteiger partial charge in [0.2, 0.25) is 11.1 Å². The number of aryl methyl sites for hydroxylation is 1. The number of ether oxygens (including phenoxy) is 2. The number of hydrogen-bond acceptors (Lipinski definition) is 8. The van der Waals surface area contributed by atoms with E-state index in [1.807, 2.05) is 0 Å². The van der Waals surface area contributed by atoms with Gasteiger partial charge < -0.3 is 34.3 Å². The van der Waals surface area contributed by atoms with Gasteiger partial charge in [0.1, 0.15) is 46.3 Å². The van der Waals surface area contributed by atoms with E-state index >= 15 is 0 Å². The molecule has 1 fully saturated rings. The largest absolute Gasteiger partial charge is 0.505 e. The maximum absolute atomic E-state index is 13.1. The summed E-state index contributed by atoms with van der Waals surface area (Å²) in [5.74, 6) is -0.413. The predicted molar refractivity (Wildman–Crippen MR) is 108 cm³/mol. The molecule has 5 unspecified atom stereocenters. The van der Waals surface area contributed by atoms with Gasteiger partial charge in [-0.3, -0.25) is 9.36 Å². The molecule has 0 radical (unpaired) electrons. The molecule has 162 valence electrons. The van der Waals surface area contributed by atoms with E-state index in [1.54, 1.807) is 6.92 Å². The highest BCUT2D eigenvalue weighted by Gasteiger charge is 2.46. The highest BCUT2D eigenvalue weighted by atomic mass is 35.5. The van der Waals surface area contributed by atoms with Crippen LogP contribution in [0.1, 0.15) is 11.8 Å². The molecule has 5 atom stereocenters. The average Bonchev–Trinajstić information content (AvgIpc) is 3.04. The second kappa shape index (κ2) is 7.69. The number of halogens is 2. The maximum atomic E-state index is 13.1. The van der Waals surface area contributed by atoms with Gasteiger partial charge in [0.05, 0.1) is 17.0 Å². The van der Waals surface area contributed by atoms with Gasteiger partial charge in [-0.15, -0.1) is 0 Å². The monoisotopic (exact) mass is 459 g/mol. The first-order valence-electron chi connectivity index (χ1n) is 9.01. The number of aromatic hydroxyl groups is 1. The van der Waals surface area contributed by atoms with Gasteiger partial charge in [0.25, 0.3) is 0 Å². The highest BCUT2D eigenvalue weighted by Crippen LogP contribution is 2.39. The Labute approximate surface area is 179 Å². The summed E-state index contributed by atoms with van der Waals surface area (Å²) in [6.45, 7) is 1.16. The van der Waals surface area contributed by atoms with Gasteiger partial charge in [-0.25, -0.2) is 0 Å². The minimum absolute atomic E-state index is 0.00253. The molecule has 1 aromatic carbocycles. The number of nitrogens with zero attached hydrogens (tertiary/aromatic N) is 1. The number of fused-ring (bicyclic) bond motifs is 2. The van der Waals surface area contributed by atoms with Crippen molar-refractivity contribution in [1.29, 1.82) is 0 Å². The predicted octanol–water partition coefficient (Wildman–Crippen LogP) is 1.70. The molecular weight excluding hydrogens is 441 g/mol. The topological polar surface area (TPSA) is 135 Å². The fraction of sp³-hybridized carbons (Fsp3) is 0.421. The zero-order valence-corrected chi connectivity index (χ0v) is 17.4. The van der Waals surface area contributed by atoms with Crippen molar-refractivity contribution in [2.24, 2.45) is 0 Å². The zero-order chi connectivity index (χ0) is 21.9. The van der Waals surface area contributed by atoms with Crippen LogP contribution in [0, 0.1) is 6.92 Å². The summed E-state index contributed by atoms with van der Waals surface area (Å²) in [7, 11) is 1.32. The number of phenolic OH excluding ortho intramolecular Hbond substituents is 1. The molecule has 1 aliphatic heterocycles. The van der Waals surface area contributed by atoms with Crippen LogP contribution in [0.3, 0.4) is 0 Å². The van der Waals surface area contributed by atoms with E-state index < -0.39 is 48.4 Å². The molecule has 0 spiro atoms. The van der Waals surface area contributed by atoms with Crippen LogP contribution in [0.25, 0.3) is 22.1 Å². The van der Waals surface area contributed by atoms with Crippen molar-refractivity contribution in [2.75, 3.05) is 13.7 Å². The molecule has 0 aliphatic carbocycles.